The topological polar surface area (TPSA) is 47.3 Å². The van der Waals surface area contributed by atoms with Crippen molar-refractivity contribution in [3.63, 3.8) is 0 Å². The Kier molecular flexibility index (Phi) is 5.85. The third-order valence-electron chi connectivity index (χ3n) is 4.60. The summed E-state index contributed by atoms with van der Waals surface area (Å²) in [6.45, 7) is 2.20. The van der Waals surface area contributed by atoms with Crippen molar-refractivity contribution < 1.29 is 4.79 Å². The number of nitrogens with zero attached hydrogens (tertiary/aromatic N) is 3. The van der Waals surface area contributed by atoms with Gasteiger partial charge in [0.05, 0.1) is 19.0 Å². The lowest BCUT2D eigenvalue weighted by molar-refractivity contribution is -0.131. The van der Waals surface area contributed by atoms with Crippen molar-refractivity contribution >= 4 is 5.91 Å². The minimum atomic E-state index is 0.169. The monoisotopic (exact) mass is 277 g/mol. The van der Waals surface area contributed by atoms with Crippen LogP contribution in [0.15, 0.2) is 0 Å². The molecule has 1 amide bonds. The Morgan fingerprint density at radius 1 is 1.20 bits per heavy atom. The minimum absolute atomic E-state index is 0.169. The molecule has 2 aliphatic rings. The number of amides is 1. The maximum Gasteiger partial charge on any atom is 0.236 e. The zero-order valence-corrected chi connectivity index (χ0v) is 12.7. The highest BCUT2D eigenvalue weighted by Crippen LogP contribution is 2.31. The van der Waals surface area contributed by atoms with E-state index in [-0.39, 0.29) is 5.91 Å². The van der Waals surface area contributed by atoms with E-state index < -0.39 is 0 Å². The van der Waals surface area contributed by atoms with Crippen molar-refractivity contribution in [2.24, 2.45) is 5.92 Å². The molecule has 2 aliphatic carbocycles. The van der Waals surface area contributed by atoms with E-state index in [0.29, 0.717) is 25.6 Å². The highest BCUT2D eigenvalue weighted by molar-refractivity contribution is 5.78. The number of carbonyl (C=O) groups is 1. The average molecular weight is 277 g/mol. The fourth-order valence-electron chi connectivity index (χ4n) is 3.12. The number of rotatable bonds is 7. The molecule has 2 fully saturated rings. The van der Waals surface area contributed by atoms with Gasteiger partial charge in [-0.25, -0.2) is 0 Å². The SMILES string of the molecule is CN(CCC#N)C(=O)CN(CC1CCCCC1)C1CC1. The van der Waals surface area contributed by atoms with E-state index in [0.717, 1.165) is 12.5 Å². The van der Waals surface area contributed by atoms with Crippen LogP contribution in [0.25, 0.3) is 0 Å². The van der Waals surface area contributed by atoms with Gasteiger partial charge in [0.2, 0.25) is 5.91 Å². The van der Waals surface area contributed by atoms with Crippen molar-refractivity contribution in [3.8, 4) is 6.07 Å². The third-order valence-corrected chi connectivity index (χ3v) is 4.60. The summed E-state index contributed by atoms with van der Waals surface area (Å²) in [6.07, 6.45) is 9.70. The molecule has 2 saturated carbocycles. The van der Waals surface area contributed by atoms with Crippen molar-refractivity contribution in [1.29, 1.82) is 5.26 Å². The van der Waals surface area contributed by atoms with E-state index in [1.54, 1.807) is 4.90 Å². The molecule has 4 nitrogen and oxygen atoms in total. The number of hydrogen-bond donors (Lipinski definition) is 0. The first-order valence-corrected chi connectivity index (χ1v) is 8.05. The summed E-state index contributed by atoms with van der Waals surface area (Å²) >= 11 is 0. The van der Waals surface area contributed by atoms with Gasteiger partial charge in [-0.2, -0.15) is 5.26 Å². The third kappa shape index (κ3) is 4.79. The smallest absolute Gasteiger partial charge is 0.236 e. The van der Waals surface area contributed by atoms with E-state index >= 15 is 0 Å². The first-order valence-electron chi connectivity index (χ1n) is 8.05. The highest BCUT2D eigenvalue weighted by atomic mass is 16.2. The molecule has 112 valence electrons. The molecule has 0 heterocycles. The first kappa shape index (κ1) is 15.3. The summed E-state index contributed by atoms with van der Waals surface area (Å²) in [4.78, 5) is 16.3. The maximum atomic E-state index is 12.2. The Morgan fingerprint density at radius 3 is 2.50 bits per heavy atom. The minimum Gasteiger partial charge on any atom is -0.344 e. The molecule has 2 rings (SSSR count). The fourth-order valence-corrected chi connectivity index (χ4v) is 3.12. The van der Waals surface area contributed by atoms with Crippen molar-refractivity contribution in [3.05, 3.63) is 0 Å². The van der Waals surface area contributed by atoms with E-state index in [4.69, 9.17) is 5.26 Å². The van der Waals surface area contributed by atoms with Gasteiger partial charge in [0.15, 0.2) is 0 Å². The van der Waals surface area contributed by atoms with Crippen LogP contribution < -0.4 is 0 Å². The maximum absolute atomic E-state index is 12.2. The van der Waals surface area contributed by atoms with Crippen LogP contribution in [0.2, 0.25) is 0 Å². The van der Waals surface area contributed by atoms with Gasteiger partial charge < -0.3 is 4.90 Å². The Morgan fingerprint density at radius 2 is 1.90 bits per heavy atom. The van der Waals surface area contributed by atoms with Crippen molar-refractivity contribution in [2.75, 3.05) is 26.7 Å². The quantitative estimate of drug-likeness (QED) is 0.718. The molecule has 0 radical (unpaired) electrons. The average Bonchev–Trinajstić information content (AvgIpc) is 3.29. The Balaban J connectivity index is 1.79. The summed E-state index contributed by atoms with van der Waals surface area (Å²) in [6, 6.07) is 2.74. The molecular formula is C16H27N3O. The van der Waals surface area contributed by atoms with Gasteiger partial charge in [-0.1, -0.05) is 19.3 Å². The second-order valence-corrected chi connectivity index (χ2v) is 6.39. The lowest BCUT2D eigenvalue weighted by Gasteiger charge is -2.30. The highest BCUT2D eigenvalue weighted by Gasteiger charge is 2.32. The molecular weight excluding hydrogens is 250 g/mol. The molecule has 0 spiro atoms. The van der Waals surface area contributed by atoms with Crippen LogP contribution in [-0.4, -0.2) is 48.4 Å². The molecule has 0 saturated heterocycles. The van der Waals surface area contributed by atoms with Gasteiger partial charge in [-0.05, 0) is 31.6 Å². The fraction of sp³-hybridized carbons (Fsp3) is 0.875. The van der Waals surface area contributed by atoms with Gasteiger partial charge in [0.1, 0.15) is 0 Å². The van der Waals surface area contributed by atoms with Crippen molar-refractivity contribution in [1.82, 2.24) is 9.80 Å². The van der Waals surface area contributed by atoms with Crippen LogP contribution in [0, 0.1) is 17.2 Å². The zero-order chi connectivity index (χ0) is 14.4. The van der Waals surface area contributed by atoms with Crippen molar-refractivity contribution in [2.45, 2.75) is 57.4 Å². The Hall–Kier alpha value is -1.08. The molecule has 4 heteroatoms. The number of hydrogen-bond acceptors (Lipinski definition) is 3. The van der Waals surface area contributed by atoms with E-state index in [2.05, 4.69) is 11.0 Å². The van der Waals surface area contributed by atoms with Gasteiger partial charge in [0, 0.05) is 26.2 Å². The molecule has 0 aromatic rings. The number of carbonyl (C=O) groups excluding carboxylic acids is 1. The van der Waals surface area contributed by atoms with E-state index in [9.17, 15) is 4.79 Å². The molecule has 0 N–H and O–H groups in total. The Labute approximate surface area is 122 Å². The van der Waals surface area contributed by atoms with Gasteiger partial charge in [-0.15, -0.1) is 0 Å². The van der Waals surface area contributed by atoms with Crippen LogP contribution >= 0.6 is 0 Å². The summed E-state index contributed by atoms with van der Waals surface area (Å²) in [5.41, 5.74) is 0. The van der Waals surface area contributed by atoms with Crippen LogP contribution in [0.3, 0.4) is 0 Å². The number of likely N-dealkylation sites (N-methyl/N-ethyl adjacent to an activating group) is 1. The molecule has 0 aliphatic heterocycles. The van der Waals surface area contributed by atoms with E-state index in [1.807, 2.05) is 7.05 Å². The van der Waals surface area contributed by atoms with E-state index in [1.165, 1.54) is 44.9 Å². The van der Waals surface area contributed by atoms with Gasteiger partial charge in [0.25, 0.3) is 0 Å². The predicted molar refractivity (Wildman–Crippen MR) is 79.0 cm³/mol. The lowest BCUT2D eigenvalue weighted by Crippen LogP contribution is -2.42. The zero-order valence-electron chi connectivity index (χ0n) is 12.7. The Bertz CT molecular complexity index is 353. The summed E-state index contributed by atoms with van der Waals surface area (Å²) < 4.78 is 0. The summed E-state index contributed by atoms with van der Waals surface area (Å²) in [7, 11) is 1.81. The molecule has 0 bridgehead atoms. The normalized spacial score (nSPS) is 19.9. The first-order chi connectivity index (χ1) is 9.70. The largest absolute Gasteiger partial charge is 0.344 e. The van der Waals surface area contributed by atoms with Gasteiger partial charge in [-0.3, -0.25) is 9.69 Å². The molecule has 20 heavy (non-hydrogen) atoms. The van der Waals surface area contributed by atoms with Gasteiger partial charge >= 0.3 is 0 Å². The van der Waals surface area contributed by atoms with Crippen LogP contribution in [-0.2, 0) is 4.79 Å². The summed E-state index contributed by atoms with van der Waals surface area (Å²) in [5.74, 6) is 0.963. The lowest BCUT2D eigenvalue weighted by atomic mass is 9.89. The molecule has 0 aromatic carbocycles. The standard InChI is InChI=1S/C16H27N3O/c1-18(11-5-10-17)16(20)13-19(15-8-9-15)12-14-6-3-2-4-7-14/h14-15H,2-9,11-13H2,1H3. The number of nitriles is 1. The predicted octanol–water partition coefficient (Wildman–Crippen LogP) is 2.40. The molecule has 0 unspecified atom stereocenters. The molecule has 0 aromatic heterocycles. The van der Waals surface area contributed by atoms with Crippen LogP contribution in [0.1, 0.15) is 51.4 Å². The molecule has 0 atom stereocenters. The second kappa shape index (κ2) is 7.64. The summed E-state index contributed by atoms with van der Waals surface area (Å²) in [5, 5.41) is 8.60. The van der Waals surface area contributed by atoms with Crippen LogP contribution in [0.4, 0.5) is 0 Å². The van der Waals surface area contributed by atoms with Crippen LogP contribution in [0.5, 0.6) is 0 Å². The second-order valence-electron chi connectivity index (χ2n) is 6.39.